The maximum atomic E-state index is 12.0. The molecule has 0 aromatic rings. The van der Waals surface area contributed by atoms with Crippen molar-refractivity contribution in [2.75, 3.05) is 13.7 Å². The van der Waals surface area contributed by atoms with Crippen LogP contribution in [-0.2, 0) is 19.1 Å². The van der Waals surface area contributed by atoms with E-state index in [2.05, 4.69) is 6.58 Å². The number of hydrogen-bond acceptors (Lipinski definition) is 4. The normalized spacial score (nSPS) is 27.7. The Bertz CT molecular complexity index is 434. The van der Waals surface area contributed by atoms with E-state index in [1.54, 1.807) is 24.6 Å². The predicted molar refractivity (Wildman–Crippen MR) is 60.7 cm³/mol. The fourth-order valence-electron chi connectivity index (χ4n) is 2.12. The standard InChI is InChI=1S/C13H13O4/c1-9-7-13(11(14)16-2,12(15)17-8-9)10-5-3-4-6-10/h3-6H,1,7-8H2,2H3. The van der Waals surface area contributed by atoms with Gasteiger partial charge >= 0.3 is 11.9 Å². The fourth-order valence-corrected chi connectivity index (χ4v) is 2.12. The van der Waals surface area contributed by atoms with E-state index in [-0.39, 0.29) is 13.0 Å². The Morgan fingerprint density at radius 1 is 1.59 bits per heavy atom. The van der Waals surface area contributed by atoms with Gasteiger partial charge in [-0.25, -0.2) is 0 Å². The molecule has 0 aromatic heterocycles. The van der Waals surface area contributed by atoms with Crippen LogP contribution in [0.4, 0.5) is 0 Å². The zero-order valence-electron chi connectivity index (χ0n) is 9.56. The van der Waals surface area contributed by atoms with Crippen LogP contribution in [0.2, 0.25) is 0 Å². The SMILES string of the molecule is C=C1COC(=O)C(C(=O)OC)(C2=C[CH]C=C2)C1. The van der Waals surface area contributed by atoms with Crippen LogP contribution in [0, 0.1) is 11.8 Å². The Kier molecular flexibility index (Phi) is 2.88. The molecule has 1 fully saturated rings. The summed E-state index contributed by atoms with van der Waals surface area (Å²) >= 11 is 0. The highest BCUT2D eigenvalue weighted by Gasteiger charge is 2.53. The molecule has 17 heavy (non-hydrogen) atoms. The van der Waals surface area contributed by atoms with Gasteiger partial charge in [-0.05, 0) is 11.1 Å². The number of hydrogen-bond donors (Lipinski definition) is 0. The highest BCUT2D eigenvalue weighted by atomic mass is 16.6. The molecule has 1 unspecified atom stereocenters. The second kappa shape index (κ2) is 4.20. The number of rotatable bonds is 2. The first-order chi connectivity index (χ1) is 8.11. The maximum absolute atomic E-state index is 12.0. The molecule has 2 aliphatic rings. The van der Waals surface area contributed by atoms with Crippen LogP contribution in [0.1, 0.15) is 6.42 Å². The number of esters is 2. The van der Waals surface area contributed by atoms with Gasteiger partial charge < -0.3 is 9.47 Å². The molecular weight excluding hydrogens is 220 g/mol. The highest BCUT2D eigenvalue weighted by Crippen LogP contribution is 2.42. The molecule has 1 heterocycles. The first-order valence-electron chi connectivity index (χ1n) is 5.25. The third-order valence-corrected chi connectivity index (χ3v) is 2.96. The number of ether oxygens (including phenoxy) is 2. The Morgan fingerprint density at radius 2 is 2.35 bits per heavy atom. The monoisotopic (exact) mass is 233 g/mol. The number of methoxy groups -OCH3 is 1. The van der Waals surface area contributed by atoms with Crippen LogP contribution in [-0.4, -0.2) is 25.7 Å². The van der Waals surface area contributed by atoms with Crippen molar-refractivity contribution in [3.05, 3.63) is 42.4 Å². The van der Waals surface area contributed by atoms with Gasteiger partial charge in [0.1, 0.15) is 6.61 Å². The first-order valence-corrected chi connectivity index (χ1v) is 5.25. The van der Waals surface area contributed by atoms with E-state index in [0.717, 1.165) is 0 Å². The summed E-state index contributed by atoms with van der Waals surface area (Å²) in [4.78, 5) is 24.0. The minimum absolute atomic E-state index is 0.165. The van der Waals surface area contributed by atoms with Crippen molar-refractivity contribution in [3.8, 4) is 0 Å². The number of cyclic esters (lactones) is 1. The van der Waals surface area contributed by atoms with Gasteiger partial charge in [0.2, 0.25) is 0 Å². The van der Waals surface area contributed by atoms with Gasteiger partial charge in [0.25, 0.3) is 0 Å². The number of carbonyl (C=O) groups excluding carboxylic acids is 2. The molecule has 0 saturated carbocycles. The average Bonchev–Trinajstić information content (AvgIpc) is 2.85. The van der Waals surface area contributed by atoms with Crippen molar-refractivity contribution in [1.82, 2.24) is 0 Å². The van der Waals surface area contributed by atoms with Crippen LogP contribution >= 0.6 is 0 Å². The summed E-state index contributed by atoms with van der Waals surface area (Å²) in [5.41, 5.74) is -0.0838. The van der Waals surface area contributed by atoms with E-state index in [1.807, 2.05) is 0 Å². The topological polar surface area (TPSA) is 52.6 Å². The van der Waals surface area contributed by atoms with Crippen LogP contribution in [0.25, 0.3) is 0 Å². The molecule has 4 heteroatoms. The zero-order valence-corrected chi connectivity index (χ0v) is 9.56. The van der Waals surface area contributed by atoms with Crippen LogP contribution in [0.3, 0.4) is 0 Å². The Labute approximate surface area is 99.6 Å². The number of carbonyl (C=O) groups is 2. The maximum Gasteiger partial charge on any atom is 0.328 e. The van der Waals surface area contributed by atoms with Gasteiger partial charge in [-0.1, -0.05) is 24.8 Å². The van der Waals surface area contributed by atoms with Gasteiger partial charge in [-0.15, -0.1) is 0 Å². The van der Waals surface area contributed by atoms with E-state index in [9.17, 15) is 9.59 Å². The Hall–Kier alpha value is -1.84. The third-order valence-electron chi connectivity index (χ3n) is 2.96. The summed E-state index contributed by atoms with van der Waals surface area (Å²) in [7, 11) is 1.26. The second-order valence-corrected chi connectivity index (χ2v) is 4.07. The lowest BCUT2D eigenvalue weighted by Crippen LogP contribution is -2.46. The molecular formula is C13H13O4. The molecule has 1 aliphatic carbocycles. The first kappa shape index (κ1) is 11.6. The highest BCUT2D eigenvalue weighted by molar-refractivity contribution is 6.05. The largest absolute Gasteiger partial charge is 0.468 e. The zero-order chi connectivity index (χ0) is 12.5. The molecule has 1 atom stereocenters. The molecule has 0 aromatic carbocycles. The van der Waals surface area contributed by atoms with Crippen molar-refractivity contribution < 1.29 is 19.1 Å². The minimum Gasteiger partial charge on any atom is -0.468 e. The molecule has 1 aliphatic heterocycles. The summed E-state index contributed by atoms with van der Waals surface area (Å²) in [5.74, 6) is -1.17. The Balaban J connectivity index is 2.48. The summed E-state index contributed by atoms with van der Waals surface area (Å²) in [6.07, 6.45) is 7.21. The molecule has 0 spiro atoms. The van der Waals surface area contributed by atoms with Crippen molar-refractivity contribution in [2.45, 2.75) is 6.42 Å². The van der Waals surface area contributed by atoms with Gasteiger partial charge in [0.05, 0.1) is 7.11 Å². The van der Waals surface area contributed by atoms with E-state index < -0.39 is 17.4 Å². The predicted octanol–water partition coefficient (Wildman–Crippen LogP) is 1.35. The van der Waals surface area contributed by atoms with E-state index in [4.69, 9.17) is 9.47 Å². The minimum atomic E-state index is -1.38. The van der Waals surface area contributed by atoms with Crippen molar-refractivity contribution in [1.29, 1.82) is 0 Å². The number of allylic oxidation sites excluding steroid dienone is 3. The van der Waals surface area contributed by atoms with Gasteiger partial charge in [0, 0.05) is 12.8 Å². The molecule has 0 amide bonds. The molecule has 0 N–H and O–H groups in total. The lowest BCUT2D eigenvalue weighted by atomic mass is 9.74. The van der Waals surface area contributed by atoms with Crippen LogP contribution in [0.5, 0.6) is 0 Å². The van der Waals surface area contributed by atoms with E-state index in [1.165, 1.54) is 7.11 Å². The molecule has 4 nitrogen and oxygen atoms in total. The molecule has 2 rings (SSSR count). The molecule has 0 bridgehead atoms. The van der Waals surface area contributed by atoms with E-state index >= 15 is 0 Å². The second-order valence-electron chi connectivity index (χ2n) is 4.07. The van der Waals surface area contributed by atoms with Crippen molar-refractivity contribution >= 4 is 11.9 Å². The summed E-state index contributed by atoms with van der Waals surface area (Å²) in [6, 6.07) is 0. The van der Waals surface area contributed by atoms with Gasteiger partial charge in [-0.3, -0.25) is 9.59 Å². The molecule has 1 saturated heterocycles. The molecule has 89 valence electrons. The third kappa shape index (κ3) is 1.69. The van der Waals surface area contributed by atoms with Crippen LogP contribution < -0.4 is 0 Å². The van der Waals surface area contributed by atoms with Gasteiger partial charge in [-0.2, -0.15) is 0 Å². The summed E-state index contributed by atoms with van der Waals surface area (Å²) in [6.45, 7) is 3.95. The Morgan fingerprint density at radius 3 is 2.94 bits per heavy atom. The quantitative estimate of drug-likeness (QED) is 0.410. The van der Waals surface area contributed by atoms with Crippen LogP contribution in [0.15, 0.2) is 36.0 Å². The fraction of sp³-hybridized carbons (Fsp3) is 0.308. The lowest BCUT2D eigenvalue weighted by Gasteiger charge is -2.33. The van der Waals surface area contributed by atoms with Crippen molar-refractivity contribution in [2.24, 2.45) is 5.41 Å². The summed E-state index contributed by atoms with van der Waals surface area (Å²) in [5, 5.41) is 0. The van der Waals surface area contributed by atoms with E-state index in [0.29, 0.717) is 11.1 Å². The van der Waals surface area contributed by atoms with Crippen molar-refractivity contribution in [3.63, 3.8) is 0 Å². The van der Waals surface area contributed by atoms with Gasteiger partial charge in [0.15, 0.2) is 5.41 Å². The lowest BCUT2D eigenvalue weighted by molar-refractivity contribution is -0.169. The smallest absolute Gasteiger partial charge is 0.328 e. The average molecular weight is 233 g/mol. The summed E-state index contributed by atoms with van der Waals surface area (Å²) < 4.78 is 9.77. The molecule has 1 radical (unpaired) electrons.